The van der Waals surface area contributed by atoms with Crippen molar-refractivity contribution < 1.29 is 18.0 Å². The van der Waals surface area contributed by atoms with E-state index in [4.69, 9.17) is 11.6 Å². The number of hydrogen-bond donors (Lipinski definition) is 1. The Hall–Kier alpha value is -3.36. The van der Waals surface area contributed by atoms with Crippen molar-refractivity contribution in [1.82, 2.24) is 10.2 Å². The Kier molecular flexibility index (Phi) is 12.9. The maximum atomic E-state index is 13.9. The SMILES string of the molecule is CCCCNC(=O)C(Cc1ccccc1)N(Cc1ccc(Cl)cc1)C(=O)CCCN(c1ccc(CC)cc1)S(C)(=O)=O. The smallest absolute Gasteiger partial charge is 0.243 e. The number of amides is 2. The summed E-state index contributed by atoms with van der Waals surface area (Å²) in [4.78, 5) is 29.1. The molecule has 0 aliphatic carbocycles. The Morgan fingerprint density at radius 3 is 2.10 bits per heavy atom. The molecule has 3 aromatic carbocycles. The third kappa shape index (κ3) is 10.2. The highest BCUT2D eigenvalue weighted by Gasteiger charge is 2.30. The predicted molar refractivity (Wildman–Crippen MR) is 171 cm³/mol. The van der Waals surface area contributed by atoms with E-state index >= 15 is 0 Å². The zero-order valence-electron chi connectivity index (χ0n) is 24.8. The van der Waals surface area contributed by atoms with Crippen molar-refractivity contribution in [2.24, 2.45) is 0 Å². The lowest BCUT2D eigenvalue weighted by Crippen LogP contribution is -2.50. The average Bonchev–Trinajstić information content (AvgIpc) is 2.98. The summed E-state index contributed by atoms with van der Waals surface area (Å²) in [7, 11) is -3.56. The van der Waals surface area contributed by atoms with Gasteiger partial charge in [0.2, 0.25) is 21.8 Å². The molecule has 0 aromatic heterocycles. The number of sulfonamides is 1. The van der Waals surface area contributed by atoms with Crippen LogP contribution in [-0.2, 0) is 39.0 Å². The summed E-state index contributed by atoms with van der Waals surface area (Å²) in [6, 6.07) is 23.6. The highest BCUT2D eigenvalue weighted by molar-refractivity contribution is 7.92. The maximum Gasteiger partial charge on any atom is 0.243 e. The number of carbonyl (C=O) groups is 2. The molecule has 0 heterocycles. The van der Waals surface area contributed by atoms with Crippen LogP contribution in [0.4, 0.5) is 5.69 Å². The number of benzene rings is 3. The van der Waals surface area contributed by atoms with Crippen molar-refractivity contribution in [3.8, 4) is 0 Å². The minimum atomic E-state index is -3.56. The van der Waals surface area contributed by atoms with Gasteiger partial charge in [-0.3, -0.25) is 13.9 Å². The van der Waals surface area contributed by atoms with Crippen LogP contribution < -0.4 is 9.62 Å². The molecule has 1 atom stereocenters. The van der Waals surface area contributed by atoms with Crippen molar-refractivity contribution >= 4 is 39.1 Å². The van der Waals surface area contributed by atoms with Crippen molar-refractivity contribution in [2.75, 3.05) is 23.7 Å². The molecule has 0 saturated carbocycles. The fraction of sp³-hybridized carbons (Fsp3) is 0.394. The molecule has 3 rings (SSSR count). The van der Waals surface area contributed by atoms with Crippen LogP contribution in [0.2, 0.25) is 5.02 Å². The Morgan fingerprint density at radius 2 is 1.50 bits per heavy atom. The molecule has 42 heavy (non-hydrogen) atoms. The molecule has 0 bridgehead atoms. The van der Waals surface area contributed by atoms with Crippen molar-refractivity contribution in [2.45, 2.75) is 65.0 Å². The fourth-order valence-corrected chi connectivity index (χ4v) is 5.84. The van der Waals surface area contributed by atoms with E-state index in [1.54, 1.807) is 29.2 Å². The summed E-state index contributed by atoms with van der Waals surface area (Å²) in [5.74, 6) is -0.422. The van der Waals surface area contributed by atoms with Gasteiger partial charge in [-0.25, -0.2) is 8.42 Å². The van der Waals surface area contributed by atoms with E-state index in [-0.39, 0.29) is 31.3 Å². The van der Waals surface area contributed by atoms with Gasteiger partial charge in [0, 0.05) is 37.5 Å². The summed E-state index contributed by atoms with van der Waals surface area (Å²) >= 11 is 6.11. The van der Waals surface area contributed by atoms with Crippen LogP contribution in [0.25, 0.3) is 0 Å². The first kappa shape index (κ1) is 33.1. The van der Waals surface area contributed by atoms with Gasteiger partial charge < -0.3 is 10.2 Å². The van der Waals surface area contributed by atoms with Crippen LogP contribution in [0.5, 0.6) is 0 Å². The van der Waals surface area contributed by atoms with Gasteiger partial charge in [-0.15, -0.1) is 0 Å². The van der Waals surface area contributed by atoms with Gasteiger partial charge in [0.25, 0.3) is 0 Å². The number of rotatable bonds is 16. The summed E-state index contributed by atoms with van der Waals surface area (Å²) in [5, 5.41) is 3.60. The van der Waals surface area contributed by atoms with Gasteiger partial charge in [0.15, 0.2) is 0 Å². The Balaban J connectivity index is 1.85. The first-order valence-electron chi connectivity index (χ1n) is 14.5. The molecule has 0 fully saturated rings. The lowest BCUT2D eigenvalue weighted by Gasteiger charge is -2.32. The van der Waals surface area contributed by atoms with E-state index in [9.17, 15) is 18.0 Å². The highest BCUT2D eigenvalue weighted by atomic mass is 35.5. The van der Waals surface area contributed by atoms with Gasteiger partial charge in [-0.1, -0.05) is 86.5 Å². The van der Waals surface area contributed by atoms with Gasteiger partial charge in [0.1, 0.15) is 6.04 Å². The van der Waals surface area contributed by atoms with Crippen LogP contribution in [0.15, 0.2) is 78.9 Å². The molecule has 0 saturated heterocycles. The minimum absolute atomic E-state index is 0.0835. The van der Waals surface area contributed by atoms with Gasteiger partial charge in [-0.05, 0) is 60.2 Å². The Bertz CT molecular complexity index is 1380. The van der Waals surface area contributed by atoms with Crippen LogP contribution in [0, 0.1) is 0 Å². The first-order chi connectivity index (χ1) is 20.1. The number of nitrogens with one attached hydrogen (secondary N) is 1. The topological polar surface area (TPSA) is 86.8 Å². The molecule has 2 amide bonds. The minimum Gasteiger partial charge on any atom is -0.354 e. The van der Waals surface area contributed by atoms with Crippen molar-refractivity contribution in [3.05, 3.63) is 101 Å². The molecule has 0 aliphatic heterocycles. The standard InChI is InChI=1S/C33H42ClN3O4S/c1-4-6-22-35-33(39)31(24-27-11-8-7-9-12-27)36(25-28-14-18-29(34)19-15-28)32(38)13-10-23-37(42(3,40)41)30-20-16-26(5-2)17-21-30/h7-9,11-12,14-21,31H,4-6,10,13,22-25H2,1-3H3,(H,35,39). The molecule has 0 spiro atoms. The van der Waals surface area contributed by atoms with E-state index in [0.29, 0.717) is 30.1 Å². The zero-order chi connectivity index (χ0) is 30.5. The number of hydrogen-bond acceptors (Lipinski definition) is 4. The Morgan fingerprint density at radius 1 is 0.857 bits per heavy atom. The van der Waals surface area contributed by atoms with Gasteiger partial charge in [0.05, 0.1) is 11.9 Å². The van der Waals surface area contributed by atoms with E-state index in [1.165, 1.54) is 10.6 Å². The zero-order valence-corrected chi connectivity index (χ0v) is 26.3. The molecular formula is C33H42ClN3O4S. The quantitative estimate of drug-likeness (QED) is 0.201. The van der Waals surface area contributed by atoms with Crippen molar-refractivity contribution in [1.29, 1.82) is 0 Å². The maximum absolute atomic E-state index is 13.9. The summed E-state index contributed by atoms with van der Waals surface area (Å²) in [6.07, 6.45) is 4.55. The second-order valence-electron chi connectivity index (χ2n) is 10.5. The molecule has 1 N–H and O–H groups in total. The predicted octanol–water partition coefficient (Wildman–Crippen LogP) is 6.01. The third-order valence-electron chi connectivity index (χ3n) is 7.15. The van der Waals surface area contributed by atoms with Gasteiger partial charge in [-0.2, -0.15) is 0 Å². The van der Waals surface area contributed by atoms with E-state index in [0.717, 1.165) is 36.0 Å². The summed E-state index contributed by atoms with van der Waals surface area (Å²) < 4.78 is 26.7. The number of unbranched alkanes of at least 4 members (excludes halogenated alkanes) is 1. The Labute approximate surface area is 255 Å². The number of halogens is 1. The highest BCUT2D eigenvalue weighted by Crippen LogP contribution is 2.21. The fourth-order valence-electron chi connectivity index (χ4n) is 4.75. The molecular weight excluding hydrogens is 570 g/mol. The molecule has 226 valence electrons. The number of anilines is 1. The van der Waals surface area contributed by atoms with Gasteiger partial charge >= 0.3 is 0 Å². The lowest BCUT2D eigenvalue weighted by atomic mass is 10.0. The van der Waals surface area contributed by atoms with E-state index in [2.05, 4.69) is 12.2 Å². The molecule has 3 aromatic rings. The second-order valence-corrected chi connectivity index (χ2v) is 12.8. The normalized spacial score (nSPS) is 12.0. The molecule has 1 unspecified atom stereocenters. The van der Waals surface area contributed by atoms with Crippen LogP contribution in [-0.4, -0.2) is 50.5 Å². The monoisotopic (exact) mass is 611 g/mol. The summed E-state index contributed by atoms with van der Waals surface area (Å²) in [6.45, 7) is 5.01. The second kappa shape index (κ2) is 16.3. The van der Waals surface area contributed by atoms with Crippen LogP contribution in [0.1, 0.15) is 56.2 Å². The lowest BCUT2D eigenvalue weighted by molar-refractivity contribution is -0.141. The average molecular weight is 612 g/mol. The molecule has 0 radical (unpaired) electrons. The van der Waals surface area contributed by atoms with Crippen LogP contribution in [0.3, 0.4) is 0 Å². The van der Waals surface area contributed by atoms with E-state index < -0.39 is 16.1 Å². The molecule has 9 heteroatoms. The molecule has 7 nitrogen and oxygen atoms in total. The number of carbonyl (C=O) groups excluding carboxylic acids is 2. The first-order valence-corrected chi connectivity index (χ1v) is 16.8. The molecule has 0 aliphatic rings. The number of aryl methyl sites for hydroxylation is 1. The summed E-state index contributed by atoms with van der Waals surface area (Å²) in [5.41, 5.74) is 3.47. The van der Waals surface area contributed by atoms with Crippen LogP contribution >= 0.6 is 11.6 Å². The van der Waals surface area contributed by atoms with Crippen molar-refractivity contribution in [3.63, 3.8) is 0 Å². The largest absolute Gasteiger partial charge is 0.354 e. The number of nitrogens with zero attached hydrogens (tertiary/aromatic N) is 2. The third-order valence-corrected chi connectivity index (χ3v) is 8.60. The van der Waals surface area contributed by atoms with E-state index in [1.807, 2.05) is 61.5 Å².